The van der Waals surface area contributed by atoms with Crippen molar-refractivity contribution in [3.63, 3.8) is 0 Å². The fourth-order valence-corrected chi connectivity index (χ4v) is 4.74. The molecule has 34 heavy (non-hydrogen) atoms. The molecule has 2 aromatic rings. The van der Waals surface area contributed by atoms with Crippen LogP contribution in [0.4, 0.5) is 17.6 Å². The summed E-state index contributed by atoms with van der Waals surface area (Å²) in [7, 11) is 0. The highest BCUT2D eigenvalue weighted by molar-refractivity contribution is 7.99. The van der Waals surface area contributed by atoms with E-state index in [0.717, 1.165) is 37.6 Å². The summed E-state index contributed by atoms with van der Waals surface area (Å²) in [6, 6.07) is 7.17. The Morgan fingerprint density at radius 2 is 1.74 bits per heavy atom. The molecule has 0 spiro atoms. The molecule has 11 heteroatoms. The average Bonchev–Trinajstić information content (AvgIpc) is 2.99. The van der Waals surface area contributed by atoms with Gasteiger partial charge in [-0.2, -0.15) is 13.2 Å². The summed E-state index contributed by atoms with van der Waals surface area (Å²) in [5.41, 5.74) is -0.349. The number of hydrogen-bond donors (Lipinski definition) is 0. The molecule has 4 rings (SSSR count). The lowest BCUT2D eigenvalue weighted by molar-refractivity contribution is -0.189. The minimum absolute atomic E-state index is 0.333. The Labute approximate surface area is 198 Å². The maximum atomic E-state index is 13.2. The molecule has 0 N–H and O–H groups in total. The van der Waals surface area contributed by atoms with Gasteiger partial charge in [0, 0.05) is 48.2 Å². The van der Waals surface area contributed by atoms with Gasteiger partial charge >= 0.3 is 12.1 Å². The van der Waals surface area contributed by atoms with Gasteiger partial charge in [0.05, 0.1) is 0 Å². The molecule has 1 saturated heterocycles. The van der Waals surface area contributed by atoms with Crippen LogP contribution in [0.25, 0.3) is 0 Å². The highest BCUT2D eigenvalue weighted by atomic mass is 32.2. The quantitative estimate of drug-likeness (QED) is 0.447. The number of rotatable bonds is 5. The molecule has 2 heterocycles. The number of benzene rings is 1. The molecule has 0 radical (unpaired) electrons. The maximum Gasteiger partial charge on any atom is 0.491 e. The minimum Gasteiger partial charge on any atom is -0.417 e. The van der Waals surface area contributed by atoms with Crippen LogP contribution in [0.3, 0.4) is 0 Å². The van der Waals surface area contributed by atoms with Crippen molar-refractivity contribution in [1.82, 2.24) is 14.8 Å². The van der Waals surface area contributed by atoms with Crippen LogP contribution >= 0.6 is 11.8 Å². The van der Waals surface area contributed by atoms with Crippen molar-refractivity contribution < 1.29 is 31.9 Å². The Bertz CT molecular complexity index is 1040. The monoisotopic (exact) mass is 497 g/mol. The highest BCUT2D eigenvalue weighted by Gasteiger charge is 2.42. The first-order valence-electron chi connectivity index (χ1n) is 11.0. The smallest absolute Gasteiger partial charge is 0.417 e. The van der Waals surface area contributed by atoms with Crippen molar-refractivity contribution in [3.8, 4) is 5.75 Å². The molecule has 1 aliphatic heterocycles. The number of nitrogens with zero attached hydrogens (tertiary/aromatic N) is 3. The third-order valence-corrected chi connectivity index (χ3v) is 6.89. The van der Waals surface area contributed by atoms with Gasteiger partial charge in [-0.1, -0.05) is 18.2 Å². The summed E-state index contributed by atoms with van der Waals surface area (Å²) in [6.07, 6.45) is 0.305. The van der Waals surface area contributed by atoms with E-state index >= 15 is 0 Å². The predicted octanol–water partition coefficient (Wildman–Crippen LogP) is 4.54. The summed E-state index contributed by atoms with van der Waals surface area (Å²) in [5, 5.41) is 0. The molecule has 0 bridgehead atoms. The van der Waals surface area contributed by atoms with Crippen LogP contribution in [0.1, 0.15) is 36.2 Å². The van der Waals surface area contributed by atoms with Crippen molar-refractivity contribution in [2.75, 3.05) is 26.2 Å². The third-order valence-electron chi connectivity index (χ3n) is 5.92. The van der Waals surface area contributed by atoms with E-state index in [-0.39, 0.29) is 5.69 Å². The number of esters is 1. The Morgan fingerprint density at radius 1 is 1.00 bits per heavy atom. The standard InChI is InChI=1S/C23H23F4N3O3S/c24-15-5-7-17(8-6-15)34-18-13-19(33-22(32)23(25,26)27)20(28-14-18)21(31)30-10-2-9-29(11-12-30)16-3-1-4-16/h5-8,13-14,16H,1-4,9-12H2. The number of pyridine rings is 1. The second kappa shape index (κ2) is 10.3. The van der Waals surface area contributed by atoms with Crippen molar-refractivity contribution in [2.45, 2.75) is 47.7 Å². The van der Waals surface area contributed by atoms with Crippen molar-refractivity contribution >= 4 is 23.6 Å². The molecule has 0 atom stereocenters. The van der Waals surface area contributed by atoms with E-state index in [0.29, 0.717) is 35.5 Å². The lowest BCUT2D eigenvalue weighted by atomic mass is 9.91. The van der Waals surface area contributed by atoms with Crippen molar-refractivity contribution in [2.24, 2.45) is 0 Å². The van der Waals surface area contributed by atoms with E-state index in [2.05, 4.69) is 14.6 Å². The van der Waals surface area contributed by atoms with Crippen LogP contribution in [-0.4, -0.2) is 65.1 Å². The summed E-state index contributed by atoms with van der Waals surface area (Å²) in [5.74, 6) is -4.01. The zero-order chi connectivity index (χ0) is 24.3. The Balaban J connectivity index is 1.55. The third kappa shape index (κ3) is 5.87. The fraction of sp³-hybridized carbons (Fsp3) is 0.435. The van der Waals surface area contributed by atoms with Crippen LogP contribution in [-0.2, 0) is 4.79 Å². The number of ether oxygens (including phenoxy) is 1. The number of hydrogen-bond acceptors (Lipinski definition) is 6. The van der Waals surface area contributed by atoms with E-state index in [9.17, 15) is 27.2 Å². The van der Waals surface area contributed by atoms with Gasteiger partial charge in [-0.3, -0.25) is 9.69 Å². The molecule has 2 fully saturated rings. The van der Waals surface area contributed by atoms with Gasteiger partial charge in [-0.05, 0) is 49.6 Å². The van der Waals surface area contributed by atoms with E-state index < -0.39 is 29.6 Å². The number of carbonyl (C=O) groups is 2. The Kier molecular flexibility index (Phi) is 7.42. The zero-order valence-electron chi connectivity index (χ0n) is 18.2. The summed E-state index contributed by atoms with van der Waals surface area (Å²) in [6.45, 7) is 2.37. The first-order chi connectivity index (χ1) is 16.2. The van der Waals surface area contributed by atoms with Crippen molar-refractivity contribution in [3.05, 3.63) is 48.0 Å². The average molecular weight is 498 g/mol. The van der Waals surface area contributed by atoms with Crippen LogP contribution < -0.4 is 4.74 Å². The van der Waals surface area contributed by atoms with Crippen LogP contribution in [0.15, 0.2) is 46.3 Å². The molecule has 1 aromatic carbocycles. The zero-order valence-corrected chi connectivity index (χ0v) is 19.0. The van der Waals surface area contributed by atoms with Crippen LogP contribution in [0.5, 0.6) is 5.75 Å². The normalized spacial score (nSPS) is 17.7. The van der Waals surface area contributed by atoms with Gasteiger partial charge in [-0.15, -0.1) is 0 Å². The molecule has 182 valence electrons. The van der Waals surface area contributed by atoms with E-state index in [1.54, 1.807) is 4.90 Å². The summed E-state index contributed by atoms with van der Waals surface area (Å²) in [4.78, 5) is 33.6. The highest BCUT2D eigenvalue weighted by Crippen LogP contribution is 2.33. The lowest BCUT2D eigenvalue weighted by Crippen LogP contribution is -2.43. The SMILES string of the molecule is O=C(c1ncc(Sc2ccc(F)cc2)cc1OC(=O)C(F)(F)F)N1CCCN(C2CCC2)CC1. The second-order valence-electron chi connectivity index (χ2n) is 8.23. The second-order valence-corrected chi connectivity index (χ2v) is 9.37. The van der Waals surface area contributed by atoms with E-state index in [1.807, 2.05) is 0 Å². The molecule has 1 aliphatic carbocycles. The van der Waals surface area contributed by atoms with E-state index in [4.69, 9.17) is 0 Å². The topological polar surface area (TPSA) is 62.7 Å². The van der Waals surface area contributed by atoms with Gasteiger partial charge in [0.25, 0.3) is 5.91 Å². The minimum atomic E-state index is -5.23. The van der Waals surface area contributed by atoms with Gasteiger partial charge < -0.3 is 9.64 Å². The molecular weight excluding hydrogens is 474 g/mol. The molecule has 6 nitrogen and oxygen atoms in total. The first kappa shape index (κ1) is 24.5. The molecule has 0 unspecified atom stereocenters. The Hall–Kier alpha value is -2.66. The lowest BCUT2D eigenvalue weighted by Gasteiger charge is -2.36. The summed E-state index contributed by atoms with van der Waals surface area (Å²) >= 11 is 1.08. The maximum absolute atomic E-state index is 13.2. The van der Waals surface area contributed by atoms with Gasteiger partial charge in [0.2, 0.25) is 0 Å². The predicted molar refractivity (Wildman–Crippen MR) is 116 cm³/mol. The first-order valence-corrected chi connectivity index (χ1v) is 11.8. The van der Waals surface area contributed by atoms with Crippen molar-refractivity contribution in [1.29, 1.82) is 0 Å². The number of alkyl halides is 3. The molecule has 1 aromatic heterocycles. The Morgan fingerprint density at radius 3 is 2.38 bits per heavy atom. The number of halogens is 4. The van der Waals surface area contributed by atoms with Gasteiger partial charge in [0.15, 0.2) is 11.4 Å². The molecule has 1 amide bonds. The molecule has 2 aliphatic rings. The van der Waals surface area contributed by atoms with Crippen LogP contribution in [0, 0.1) is 5.82 Å². The summed E-state index contributed by atoms with van der Waals surface area (Å²) < 4.78 is 56.4. The number of amides is 1. The largest absolute Gasteiger partial charge is 0.491 e. The number of carbonyl (C=O) groups excluding carboxylic acids is 2. The van der Waals surface area contributed by atoms with E-state index in [1.165, 1.54) is 42.9 Å². The van der Waals surface area contributed by atoms with Crippen LogP contribution in [0.2, 0.25) is 0 Å². The molecule has 1 saturated carbocycles. The number of aromatic nitrogens is 1. The molecular formula is C23H23F4N3O3S. The van der Waals surface area contributed by atoms with Gasteiger partial charge in [0.1, 0.15) is 5.82 Å². The van der Waals surface area contributed by atoms with Gasteiger partial charge in [-0.25, -0.2) is 14.2 Å². The fourth-order valence-electron chi connectivity index (χ4n) is 3.92.